The van der Waals surface area contributed by atoms with Crippen molar-refractivity contribution in [2.75, 3.05) is 5.32 Å². The quantitative estimate of drug-likeness (QED) is 0.656. The van der Waals surface area contributed by atoms with Crippen LogP contribution in [0.4, 0.5) is 5.69 Å². The number of Topliss-reactive ketones (excluding diaryl/α,β-unsaturated/α-hetero) is 1. The van der Waals surface area contributed by atoms with Crippen LogP contribution < -0.4 is 5.32 Å². The van der Waals surface area contributed by atoms with Crippen molar-refractivity contribution in [1.82, 2.24) is 0 Å². The molecule has 0 heterocycles. The molecular formula is C19H19NO3. The van der Waals surface area contributed by atoms with Crippen molar-refractivity contribution in [1.29, 1.82) is 0 Å². The maximum atomic E-state index is 12.2. The van der Waals surface area contributed by atoms with Crippen LogP contribution in [0.3, 0.4) is 0 Å². The number of nitrogens with one attached hydrogen (secondary N) is 1. The van der Waals surface area contributed by atoms with Crippen LogP contribution in [0, 0.1) is 0 Å². The van der Waals surface area contributed by atoms with Gasteiger partial charge in [-0.25, -0.2) is 0 Å². The molecule has 0 spiro atoms. The van der Waals surface area contributed by atoms with Crippen molar-refractivity contribution in [2.24, 2.45) is 0 Å². The van der Waals surface area contributed by atoms with Gasteiger partial charge in [0.1, 0.15) is 5.75 Å². The van der Waals surface area contributed by atoms with Crippen LogP contribution in [-0.4, -0.2) is 16.8 Å². The van der Waals surface area contributed by atoms with E-state index < -0.39 is 0 Å². The summed E-state index contributed by atoms with van der Waals surface area (Å²) in [5.74, 6) is -0.279. The summed E-state index contributed by atoms with van der Waals surface area (Å²) in [4.78, 5) is 24.2. The average Bonchev–Trinajstić information content (AvgIpc) is 3.02. The molecule has 1 amide bonds. The van der Waals surface area contributed by atoms with E-state index in [0.717, 1.165) is 19.3 Å². The molecule has 1 aliphatic rings. The highest BCUT2D eigenvalue weighted by atomic mass is 16.3. The summed E-state index contributed by atoms with van der Waals surface area (Å²) in [6.07, 6.45) is 3.54. The Hall–Kier alpha value is -2.62. The van der Waals surface area contributed by atoms with Crippen LogP contribution in [0.15, 0.2) is 42.5 Å². The highest BCUT2D eigenvalue weighted by Gasteiger charge is 2.15. The number of hydrogen-bond acceptors (Lipinski definition) is 3. The molecule has 2 N–H and O–H groups in total. The van der Waals surface area contributed by atoms with E-state index in [9.17, 15) is 14.7 Å². The number of phenolic OH excluding ortho intramolecular Hbond substituents is 1. The van der Waals surface area contributed by atoms with E-state index in [1.165, 1.54) is 17.2 Å². The number of rotatable bonds is 5. The molecule has 0 fully saturated rings. The number of carbonyl (C=O) groups excluding carboxylic acids is 2. The summed E-state index contributed by atoms with van der Waals surface area (Å²) in [6.45, 7) is 0. The Balaban J connectivity index is 1.56. The van der Waals surface area contributed by atoms with Crippen molar-refractivity contribution in [3.63, 3.8) is 0 Å². The van der Waals surface area contributed by atoms with Gasteiger partial charge in [0.25, 0.3) is 0 Å². The predicted molar refractivity (Wildman–Crippen MR) is 88.8 cm³/mol. The van der Waals surface area contributed by atoms with Crippen LogP contribution in [0.25, 0.3) is 0 Å². The second-order valence-corrected chi connectivity index (χ2v) is 5.83. The van der Waals surface area contributed by atoms with Gasteiger partial charge in [0.15, 0.2) is 5.78 Å². The van der Waals surface area contributed by atoms with Crippen LogP contribution in [-0.2, 0) is 17.6 Å². The molecule has 0 saturated carbocycles. The van der Waals surface area contributed by atoms with Crippen molar-refractivity contribution >= 4 is 17.4 Å². The number of phenols is 1. The smallest absolute Gasteiger partial charge is 0.224 e. The number of para-hydroxylation sites is 2. The fourth-order valence-electron chi connectivity index (χ4n) is 2.91. The van der Waals surface area contributed by atoms with Crippen LogP contribution in [0.2, 0.25) is 0 Å². The summed E-state index contributed by atoms with van der Waals surface area (Å²) in [5.41, 5.74) is 3.64. The normalized spacial score (nSPS) is 12.7. The van der Waals surface area contributed by atoms with Gasteiger partial charge in [0, 0.05) is 18.4 Å². The second kappa shape index (κ2) is 6.65. The van der Waals surface area contributed by atoms with Gasteiger partial charge < -0.3 is 10.4 Å². The Morgan fingerprint density at radius 1 is 1.00 bits per heavy atom. The molecule has 4 nitrogen and oxygen atoms in total. The number of amides is 1. The minimum absolute atomic E-state index is 0.0193. The van der Waals surface area contributed by atoms with E-state index in [0.29, 0.717) is 11.3 Å². The van der Waals surface area contributed by atoms with Gasteiger partial charge in [0.05, 0.1) is 5.69 Å². The molecule has 0 atom stereocenters. The highest BCUT2D eigenvalue weighted by molar-refractivity contribution is 6.00. The molecule has 4 heteroatoms. The molecule has 118 valence electrons. The first kappa shape index (κ1) is 15.3. The van der Waals surface area contributed by atoms with Crippen LogP contribution in [0.5, 0.6) is 5.75 Å². The Labute approximate surface area is 135 Å². The van der Waals surface area contributed by atoms with Crippen molar-refractivity contribution in [3.8, 4) is 5.75 Å². The van der Waals surface area contributed by atoms with Gasteiger partial charge in [-0.3, -0.25) is 9.59 Å². The summed E-state index contributed by atoms with van der Waals surface area (Å²) in [6, 6.07) is 12.4. The maximum Gasteiger partial charge on any atom is 0.224 e. The van der Waals surface area contributed by atoms with Gasteiger partial charge in [-0.1, -0.05) is 24.3 Å². The first-order chi connectivity index (χ1) is 11.1. The van der Waals surface area contributed by atoms with Crippen molar-refractivity contribution < 1.29 is 14.7 Å². The number of ketones is 1. The fraction of sp³-hybridized carbons (Fsp3) is 0.263. The molecule has 0 unspecified atom stereocenters. The summed E-state index contributed by atoms with van der Waals surface area (Å²) in [7, 11) is 0. The number of benzene rings is 2. The molecule has 0 aromatic heterocycles. The standard InChI is InChI=1S/C19H19NO3/c21-17(15-9-8-13-4-3-5-14(13)12-15)10-11-19(23)20-16-6-1-2-7-18(16)22/h1-2,6-9,12,22H,3-5,10-11H2,(H,20,23). The SMILES string of the molecule is O=C(CCC(=O)c1ccc2c(c1)CCC2)Nc1ccccc1O. The number of carbonyl (C=O) groups is 2. The lowest BCUT2D eigenvalue weighted by Crippen LogP contribution is -2.13. The monoisotopic (exact) mass is 309 g/mol. The zero-order valence-corrected chi connectivity index (χ0v) is 12.8. The number of fused-ring (bicyclic) bond motifs is 1. The van der Waals surface area contributed by atoms with Gasteiger partial charge in [0.2, 0.25) is 5.91 Å². The first-order valence-corrected chi connectivity index (χ1v) is 7.86. The zero-order chi connectivity index (χ0) is 16.2. The zero-order valence-electron chi connectivity index (χ0n) is 12.8. The fourth-order valence-corrected chi connectivity index (χ4v) is 2.91. The Bertz CT molecular complexity index is 752. The molecule has 2 aromatic rings. The molecule has 0 saturated heterocycles. The third kappa shape index (κ3) is 3.59. The van der Waals surface area contributed by atoms with Gasteiger partial charge >= 0.3 is 0 Å². The number of anilines is 1. The minimum atomic E-state index is -0.277. The van der Waals surface area contributed by atoms with E-state index in [-0.39, 0.29) is 30.3 Å². The number of aryl methyl sites for hydroxylation is 2. The third-order valence-corrected chi connectivity index (χ3v) is 4.18. The highest BCUT2D eigenvalue weighted by Crippen LogP contribution is 2.24. The Morgan fingerprint density at radius 3 is 2.61 bits per heavy atom. The number of aromatic hydroxyl groups is 1. The van der Waals surface area contributed by atoms with Crippen molar-refractivity contribution in [3.05, 3.63) is 59.2 Å². The molecule has 3 rings (SSSR count). The van der Waals surface area contributed by atoms with E-state index in [1.54, 1.807) is 18.2 Å². The lowest BCUT2D eigenvalue weighted by Gasteiger charge is -2.07. The average molecular weight is 309 g/mol. The summed E-state index contributed by atoms with van der Waals surface area (Å²) in [5, 5.41) is 12.2. The predicted octanol–water partition coefficient (Wildman–Crippen LogP) is 3.48. The van der Waals surface area contributed by atoms with Crippen LogP contribution in [0.1, 0.15) is 40.7 Å². The van der Waals surface area contributed by atoms with Gasteiger partial charge in [-0.15, -0.1) is 0 Å². The second-order valence-electron chi connectivity index (χ2n) is 5.83. The third-order valence-electron chi connectivity index (χ3n) is 4.18. The maximum absolute atomic E-state index is 12.2. The van der Waals surface area contributed by atoms with Gasteiger partial charge in [-0.2, -0.15) is 0 Å². The Kier molecular flexibility index (Phi) is 4.42. The summed E-state index contributed by atoms with van der Waals surface area (Å²) >= 11 is 0. The molecule has 0 aliphatic heterocycles. The van der Waals surface area contributed by atoms with E-state index in [4.69, 9.17) is 0 Å². The lowest BCUT2D eigenvalue weighted by atomic mass is 10.0. The summed E-state index contributed by atoms with van der Waals surface area (Å²) < 4.78 is 0. The first-order valence-electron chi connectivity index (χ1n) is 7.86. The molecular weight excluding hydrogens is 290 g/mol. The van der Waals surface area contributed by atoms with Gasteiger partial charge in [-0.05, 0) is 48.6 Å². The van der Waals surface area contributed by atoms with Crippen LogP contribution >= 0.6 is 0 Å². The molecule has 0 radical (unpaired) electrons. The molecule has 23 heavy (non-hydrogen) atoms. The number of hydrogen-bond donors (Lipinski definition) is 2. The van der Waals surface area contributed by atoms with E-state index in [1.807, 2.05) is 18.2 Å². The molecule has 0 bridgehead atoms. The largest absolute Gasteiger partial charge is 0.506 e. The van der Waals surface area contributed by atoms with E-state index in [2.05, 4.69) is 5.32 Å². The van der Waals surface area contributed by atoms with Crippen molar-refractivity contribution in [2.45, 2.75) is 32.1 Å². The Morgan fingerprint density at radius 2 is 1.78 bits per heavy atom. The topological polar surface area (TPSA) is 66.4 Å². The molecule has 2 aromatic carbocycles. The molecule has 1 aliphatic carbocycles. The van der Waals surface area contributed by atoms with E-state index >= 15 is 0 Å². The minimum Gasteiger partial charge on any atom is -0.506 e. The lowest BCUT2D eigenvalue weighted by molar-refractivity contribution is -0.116.